The van der Waals surface area contributed by atoms with Gasteiger partial charge in [-0.2, -0.15) is 0 Å². The van der Waals surface area contributed by atoms with E-state index in [1.54, 1.807) is 0 Å². The summed E-state index contributed by atoms with van der Waals surface area (Å²) in [5.74, 6) is 0.0992. The Morgan fingerprint density at radius 1 is 1.46 bits per heavy atom. The van der Waals surface area contributed by atoms with E-state index in [4.69, 9.17) is 15.1 Å². The monoisotopic (exact) mass is 224 g/mol. The Hall–Kier alpha value is -0.620. The molecule has 0 aliphatic heterocycles. The van der Waals surface area contributed by atoms with E-state index in [1.165, 1.54) is 0 Å². The topological polar surface area (TPSA) is 73.1 Å². The first-order valence-electron chi connectivity index (χ1n) is 3.63. The molecule has 0 saturated heterocycles. The molecule has 5 nitrogen and oxygen atoms in total. The Bertz CT molecular complexity index is 384. The number of rotatable bonds is 3. The highest BCUT2D eigenvalue weighted by Crippen LogP contribution is 2.14. The van der Waals surface area contributed by atoms with Crippen molar-refractivity contribution in [2.75, 3.05) is 0 Å². The third kappa shape index (κ3) is 3.31. The average Bonchev–Trinajstić information content (AvgIpc) is 2.31. The summed E-state index contributed by atoms with van der Waals surface area (Å²) in [5.41, 5.74) is 0. The van der Waals surface area contributed by atoms with Crippen LogP contribution in [0.15, 0.2) is 4.42 Å². The Morgan fingerprint density at radius 2 is 2.08 bits per heavy atom. The summed E-state index contributed by atoms with van der Waals surface area (Å²) in [6, 6.07) is 0. The molecule has 0 bridgehead atoms. The number of nitrogens with zero attached hydrogens (tertiary/aromatic N) is 2. The third-order valence-electron chi connectivity index (χ3n) is 1.27. The second-order valence-corrected chi connectivity index (χ2v) is 5.65. The zero-order valence-electron chi connectivity index (χ0n) is 7.19. The smallest absolute Gasteiger partial charge is 0.241 e. The molecular formula is C6H9ClN2O3S. The van der Waals surface area contributed by atoms with Gasteiger partial charge in [0.25, 0.3) is 0 Å². The molecule has 0 N–H and O–H groups in total. The number of aromatic nitrogens is 2. The van der Waals surface area contributed by atoms with Crippen LogP contribution in [0.4, 0.5) is 0 Å². The lowest BCUT2D eigenvalue weighted by Crippen LogP contribution is -1.94. The van der Waals surface area contributed by atoms with Gasteiger partial charge in [-0.15, -0.1) is 10.2 Å². The Kier molecular flexibility index (Phi) is 2.92. The van der Waals surface area contributed by atoms with Gasteiger partial charge in [0.2, 0.25) is 20.8 Å². The van der Waals surface area contributed by atoms with Crippen molar-refractivity contribution in [1.29, 1.82) is 0 Å². The quantitative estimate of drug-likeness (QED) is 0.723. The van der Waals surface area contributed by atoms with Crippen LogP contribution in [0.5, 0.6) is 0 Å². The Morgan fingerprint density at radius 3 is 2.46 bits per heavy atom. The SMILES string of the molecule is CC(C)c1nnc(CS(=O)(=O)Cl)o1. The van der Waals surface area contributed by atoms with Crippen LogP contribution in [0, 0.1) is 0 Å². The molecule has 0 saturated carbocycles. The minimum absolute atomic E-state index is 0.0266. The number of hydrogen-bond donors (Lipinski definition) is 0. The lowest BCUT2D eigenvalue weighted by atomic mass is 10.2. The van der Waals surface area contributed by atoms with Gasteiger partial charge in [0.05, 0.1) is 0 Å². The summed E-state index contributed by atoms with van der Waals surface area (Å²) in [6.07, 6.45) is 0. The van der Waals surface area contributed by atoms with Crippen molar-refractivity contribution >= 4 is 19.7 Å². The Balaban J connectivity index is 2.81. The molecule has 0 radical (unpaired) electrons. The molecule has 7 heteroatoms. The van der Waals surface area contributed by atoms with Crippen LogP contribution >= 0.6 is 10.7 Å². The summed E-state index contributed by atoms with van der Waals surface area (Å²) >= 11 is 0. The number of halogens is 1. The van der Waals surface area contributed by atoms with Crippen molar-refractivity contribution in [3.63, 3.8) is 0 Å². The maximum Gasteiger partial charge on any atom is 0.241 e. The van der Waals surface area contributed by atoms with E-state index in [1.807, 2.05) is 13.8 Å². The largest absolute Gasteiger partial charge is 0.424 e. The molecule has 13 heavy (non-hydrogen) atoms. The predicted molar refractivity (Wildman–Crippen MR) is 46.9 cm³/mol. The van der Waals surface area contributed by atoms with Crippen molar-refractivity contribution < 1.29 is 12.8 Å². The number of hydrogen-bond acceptors (Lipinski definition) is 5. The summed E-state index contributed by atoms with van der Waals surface area (Å²) in [5, 5.41) is 7.20. The summed E-state index contributed by atoms with van der Waals surface area (Å²) in [4.78, 5) is 0. The van der Waals surface area contributed by atoms with Crippen molar-refractivity contribution in [2.45, 2.75) is 25.5 Å². The van der Waals surface area contributed by atoms with E-state index >= 15 is 0 Å². The highest BCUT2D eigenvalue weighted by molar-refractivity contribution is 8.13. The molecule has 1 aromatic rings. The average molecular weight is 225 g/mol. The van der Waals surface area contributed by atoms with Crippen LogP contribution in [-0.4, -0.2) is 18.6 Å². The fraction of sp³-hybridized carbons (Fsp3) is 0.667. The fourth-order valence-corrected chi connectivity index (χ4v) is 1.40. The van der Waals surface area contributed by atoms with Gasteiger partial charge in [0, 0.05) is 16.6 Å². The highest BCUT2D eigenvalue weighted by atomic mass is 35.7. The van der Waals surface area contributed by atoms with Gasteiger partial charge in [-0.05, 0) is 0 Å². The normalized spacial score (nSPS) is 12.3. The summed E-state index contributed by atoms with van der Waals surface area (Å²) in [6.45, 7) is 3.74. The van der Waals surface area contributed by atoms with Crippen LogP contribution in [0.25, 0.3) is 0 Å². The van der Waals surface area contributed by atoms with E-state index in [9.17, 15) is 8.42 Å². The molecule has 0 aliphatic carbocycles. The molecule has 0 atom stereocenters. The predicted octanol–water partition coefficient (Wildman–Crippen LogP) is 1.26. The molecule has 0 aromatic carbocycles. The van der Waals surface area contributed by atoms with Crippen molar-refractivity contribution in [3.05, 3.63) is 11.8 Å². The molecule has 0 fully saturated rings. The second-order valence-electron chi connectivity index (χ2n) is 2.87. The van der Waals surface area contributed by atoms with Gasteiger partial charge in [-0.25, -0.2) is 8.42 Å². The lowest BCUT2D eigenvalue weighted by Gasteiger charge is -1.93. The van der Waals surface area contributed by atoms with E-state index in [0.717, 1.165) is 0 Å². The van der Waals surface area contributed by atoms with Gasteiger partial charge in [-0.3, -0.25) is 0 Å². The Labute approximate surface area is 80.5 Å². The molecule has 1 rings (SSSR count). The van der Waals surface area contributed by atoms with E-state index in [-0.39, 0.29) is 11.8 Å². The van der Waals surface area contributed by atoms with Crippen molar-refractivity contribution in [1.82, 2.24) is 10.2 Å². The van der Waals surface area contributed by atoms with E-state index in [2.05, 4.69) is 10.2 Å². The fourth-order valence-electron chi connectivity index (χ4n) is 0.706. The first-order valence-corrected chi connectivity index (χ1v) is 6.11. The van der Waals surface area contributed by atoms with Gasteiger partial charge in [0.15, 0.2) is 0 Å². The molecule has 0 unspecified atom stereocenters. The maximum atomic E-state index is 10.6. The minimum atomic E-state index is -3.61. The third-order valence-corrected chi connectivity index (χ3v) is 2.19. The first kappa shape index (κ1) is 10.5. The molecule has 1 aromatic heterocycles. The zero-order chi connectivity index (χ0) is 10.1. The summed E-state index contributed by atoms with van der Waals surface area (Å²) < 4.78 is 26.3. The zero-order valence-corrected chi connectivity index (χ0v) is 8.76. The molecule has 0 amide bonds. The van der Waals surface area contributed by atoms with Crippen LogP contribution in [0.1, 0.15) is 31.5 Å². The lowest BCUT2D eigenvalue weighted by molar-refractivity contribution is 0.442. The molecule has 0 spiro atoms. The maximum absolute atomic E-state index is 10.6. The second kappa shape index (κ2) is 3.63. The van der Waals surface area contributed by atoms with Crippen molar-refractivity contribution in [3.8, 4) is 0 Å². The highest BCUT2D eigenvalue weighted by Gasteiger charge is 2.15. The van der Waals surface area contributed by atoms with Crippen LogP contribution in [-0.2, 0) is 14.8 Å². The van der Waals surface area contributed by atoms with Gasteiger partial charge in [-0.1, -0.05) is 13.8 Å². The molecular weight excluding hydrogens is 216 g/mol. The van der Waals surface area contributed by atoms with Gasteiger partial charge < -0.3 is 4.42 Å². The van der Waals surface area contributed by atoms with Gasteiger partial charge >= 0.3 is 0 Å². The standard InChI is InChI=1S/C6H9ClN2O3S/c1-4(2)6-9-8-5(12-6)3-13(7,10)11/h4H,3H2,1-2H3. The van der Waals surface area contributed by atoms with Crippen molar-refractivity contribution in [2.24, 2.45) is 0 Å². The first-order chi connectivity index (χ1) is 5.88. The van der Waals surface area contributed by atoms with E-state index < -0.39 is 14.8 Å². The van der Waals surface area contributed by atoms with Crippen LogP contribution in [0.3, 0.4) is 0 Å². The molecule has 0 aliphatic rings. The molecule has 1 heterocycles. The van der Waals surface area contributed by atoms with E-state index in [0.29, 0.717) is 5.89 Å². The molecule has 74 valence electrons. The van der Waals surface area contributed by atoms with Crippen LogP contribution < -0.4 is 0 Å². The van der Waals surface area contributed by atoms with Gasteiger partial charge in [0.1, 0.15) is 5.75 Å². The van der Waals surface area contributed by atoms with Crippen LogP contribution in [0.2, 0.25) is 0 Å². The summed E-state index contributed by atoms with van der Waals surface area (Å²) in [7, 11) is 1.39. The minimum Gasteiger partial charge on any atom is -0.424 e.